The maximum absolute atomic E-state index is 12.4. The fourth-order valence-corrected chi connectivity index (χ4v) is 3.51. The predicted molar refractivity (Wildman–Crippen MR) is 93.5 cm³/mol. The van der Waals surface area contributed by atoms with E-state index in [0.717, 1.165) is 10.9 Å². The third-order valence-electron chi connectivity index (χ3n) is 4.02. The van der Waals surface area contributed by atoms with E-state index in [2.05, 4.69) is 15.2 Å². The summed E-state index contributed by atoms with van der Waals surface area (Å²) in [6.07, 6.45) is 7.15. The summed E-state index contributed by atoms with van der Waals surface area (Å²) in [4.78, 5) is 17.3. The van der Waals surface area contributed by atoms with Gasteiger partial charge in [-0.15, -0.1) is 4.83 Å². The highest BCUT2D eigenvalue weighted by molar-refractivity contribution is 7.91. The second-order valence-corrected chi connectivity index (χ2v) is 8.04. The number of hydrogen-bond donors (Lipinski definition) is 4. The van der Waals surface area contributed by atoms with Gasteiger partial charge in [0.1, 0.15) is 10.4 Å². The summed E-state index contributed by atoms with van der Waals surface area (Å²) < 4.78 is 23.7. The quantitative estimate of drug-likeness (QED) is 0.497. The van der Waals surface area contributed by atoms with E-state index < -0.39 is 20.7 Å². The van der Waals surface area contributed by atoms with E-state index in [1.54, 1.807) is 55.5 Å². The minimum absolute atomic E-state index is 0.238. The highest BCUT2D eigenvalue weighted by Crippen LogP contribution is 2.25. The molecule has 8 heteroatoms. The standard InChI is InChI=1S/C16H18N4O3S/c1-16(7-3-2-4-8-16)24(22,23)20-19-15(21)14-10-11-9-12(17)5-6-13(11)18-14/h2-7,9-10,18,20H,8,17H2,1H3,(H,19,21). The van der Waals surface area contributed by atoms with E-state index >= 15 is 0 Å². The number of nitrogens with one attached hydrogen (secondary N) is 3. The summed E-state index contributed by atoms with van der Waals surface area (Å²) in [5.41, 5.74) is 9.51. The molecule has 7 nitrogen and oxygen atoms in total. The Morgan fingerprint density at radius 2 is 2.08 bits per heavy atom. The molecule has 0 radical (unpaired) electrons. The fourth-order valence-electron chi connectivity index (χ4n) is 2.48. The summed E-state index contributed by atoms with van der Waals surface area (Å²) in [6.45, 7) is 1.59. The van der Waals surface area contributed by atoms with Crippen LogP contribution in [-0.2, 0) is 10.0 Å². The molecule has 1 aliphatic rings. The van der Waals surface area contributed by atoms with Crippen LogP contribution in [0.15, 0.2) is 48.6 Å². The fraction of sp³-hybridized carbons (Fsp3) is 0.188. The second kappa shape index (κ2) is 5.81. The number of hydrazine groups is 1. The second-order valence-electron chi connectivity index (χ2n) is 5.89. The number of carbonyl (C=O) groups is 1. The topological polar surface area (TPSA) is 117 Å². The smallest absolute Gasteiger partial charge is 0.282 e. The Bertz CT molecular complexity index is 959. The molecule has 0 bridgehead atoms. The lowest BCUT2D eigenvalue weighted by atomic mass is 10.0. The molecule has 24 heavy (non-hydrogen) atoms. The number of anilines is 1. The molecule has 1 atom stereocenters. The highest BCUT2D eigenvalue weighted by Gasteiger charge is 2.36. The van der Waals surface area contributed by atoms with Crippen LogP contribution in [-0.4, -0.2) is 24.1 Å². The van der Waals surface area contributed by atoms with Crippen LogP contribution in [0.5, 0.6) is 0 Å². The molecule has 0 fully saturated rings. The molecule has 0 aliphatic heterocycles. The van der Waals surface area contributed by atoms with Gasteiger partial charge in [-0.05, 0) is 37.6 Å². The molecule has 0 spiro atoms. The zero-order valence-corrected chi connectivity index (χ0v) is 13.9. The van der Waals surface area contributed by atoms with Crippen LogP contribution in [0.4, 0.5) is 5.69 Å². The number of aromatic nitrogens is 1. The Balaban J connectivity index is 1.74. The van der Waals surface area contributed by atoms with E-state index in [1.807, 2.05) is 0 Å². The molecule has 0 saturated heterocycles. The number of fused-ring (bicyclic) bond motifs is 1. The average molecular weight is 346 g/mol. The first kappa shape index (κ1) is 16.3. The third-order valence-corrected chi connectivity index (χ3v) is 5.92. The average Bonchev–Trinajstić information content (AvgIpc) is 2.96. The van der Waals surface area contributed by atoms with Gasteiger partial charge in [0.25, 0.3) is 5.91 Å². The largest absolute Gasteiger partial charge is 0.399 e. The lowest BCUT2D eigenvalue weighted by Gasteiger charge is -2.26. The molecule has 1 heterocycles. The molecular formula is C16H18N4O3S. The van der Waals surface area contributed by atoms with Gasteiger partial charge in [0.2, 0.25) is 10.0 Å². The monoisotopic (exact) mass is 346 g/mol. The normalized spacial score (nSPS) is 20.4. The van der Waals surface area contributed by atoms with Crippen molar-refractivity contribution < 1.29 is 13.2 Å². The van der Waals surface area contributed by atoms with Gasteiger partial charge in [-0.2, -0.15) is 0 Å². The summed E-state index contributed by atoms with van der Waals surface area (Å²) in [5.74, 6) is -0.577. The van der Waals surface area contributed by atoms with Crippen molar-refractivity contribution in [3.05, 3.63) is 54.3 Å². The van der Waals surface area contributed by atoms with Crippen molar-refractivity contribution in [2.75, 3.05) is 5.73 Å². The lowest BCUT2D eigenvalue weighted by molar-refractivity contribution is 0.0940. The molecule has 5 N–H and O–H groups in total. The van der Waals surface area contributed by atoms with E-state index in [9.17, 15) is 13.2 Å². The summed E-state index contributed by atoms with van der Waals surface area (Å²) in [7, 11) is -3.78. The highest BCUT2D eigenvalue weighted by atomic mass is 32.2. The summed E-state index contributed by atoms with van der Waals surface area (Å²) in [5, 5.41) is 0.773. The molecule has 1 unspecified atom stereocenters. The number of H-pyrrole nitrogens is 1. The van der Waals surface area contributed by atoms with E-state index in [0.29, 0.717) is 12.1 Å². The van der Waals surface area contributed by atoms with Gasteiger partial charge in [-0.25, -0.2) is 8.42 Å². The molecule has 2 aromatic rings. The number of aromatic amines is 1. The van der Waals surface area contributed by atoms with Crippen molar-refractivity contribution in [2.24, 2.45) is 0 Å². The minimum Gasteiger partial charge on any atom is -0.399 e. The maximum atomic E-state index is 12.4. The summed E-state index contributed by atoms with van der Waals surface area (Å²) in [6, 6.07) is 6.81. The Morgan fingerprint density at radius 1 is 1.29 bits per heavy atom. The van der Waals surface area contributed by atoms with E-state index in [1.165, 1.54) is 0 Å². The van der Waals surface area contributed by atoms with Gasteiger partial charge in [-0.3, -0.25) is 10.2 Å². The number of benzene rings is 1. The first-order valence-electron chi connectivity index (χ1n) is 7.35. The number of nitrogens with two attached hydrogens (primary N) is 1. The van der Waals surface area contributed by atoms with Crippen LogP contribution in [0, 0.1) is 0 Å². The molecule has 3 rings (SSSR count). The third kappa shape index (κ3) is 2.93. The van der Waals surface area contributed by atoms with Crippen molar-refractivity contribution in [1.82, 2.24) is 15.2 Å². The molecule has 1 amide bonds. The Hall–Kier alpha value is -2.58. The van der Waals surface area contributed by atoms with Crippen molar-refractivity contribution in [1.29, 1.82) is 0 Å². The van der Waals surface area contributed by atoms with Crippen LogP contribution < -0.4 is 16.0 Å². The Labute approximate surface area is 139 Å². The number of amides is 1. The number of allylic oxidation sites excluding steroid dienone is 3. The molecule has 1 aromatic carbocycles. The number of sulfonamides is 1. The maximum Gasteiger partial charge on any atom is 0.282 e. The summed E-state index contributed by atoms with van der Waals surface area (Å²) >= 11 is 0. The zero-order valence-electron chi connectivity index (χ0n) is 13.0. The number of carbonyl (C=O) groups excluding carboxylic acids is 1. The lowest BCUT2D eigenvalue weighted by Crippen LogP contribution is -2.50. The predicted octanol–water partition coefficient (Wildman–Crippen LogP) is 1.59. The van der Waals surface area contributed by atoms with Gasteiger partial charge in [0, 0.05) is 16.6 Å². The van der Waals surface area contributed by atoms with Crippen molar-refractivity contribution in [3.8, 4) is 0 Å². The number of nitrogen functional groups attached to an aromatic ring is 1. The van der Waals surface area contributed by atoms with Gasteiger partial charge < -0.3 is 10.7 Å². The first-order chi connectivity index (χ1) is 11.3. The van der Waals surface area contributed by atoms with Crippen LogP contribution >= 0.6 is 0 Å². The number of rotatable bonds is 4. The van der Waals surface area contributed by atoms with Gasteiger partial charge in [-0.1, -0.05) is 24.3 Å². The van der Waals surface area contributed by atoms with Crippen molar-refractivity contribution >= 4 is 32.5 Å². The van der Waals surface area contributed by atoms with Crippen molar-refractivity contribution in [3.63, 3.8) is 0 Å². The van der Waals surface area contributed by atoms with Crippen LogP contribution in [0.1, 0.15) is 23.8 Å². The Morgan fingerprint density at radius 3 is 2.79 bits per heavy atom. The van der Waals surface area contributed by atoms with Crippen LogP contribution in [0.2, 0.25) is 0 Å². The number of hydrogen-bond acceptors (Lipinski definition) is 4. The van der Waals surface area contributed by atoms with Gasteiger partial charge >= 0.3 is 0 Å². The molecule has 1 aromatic heterocycles. The zero-order chi connectivity index (χ0) is 17.4. The van der Waals surface area contributed by atoms with Crippen LogP contribution in [0.3, 0.4) is 0 Å². The van der Waals surface area contributed by atoms with Crippen LogP contribution in [0.25, 0.3) is 10.9 Å². The van der Waals surface area contributed by atoms with E-state index in [-0.39, 0.29) is 5.69 Å². The first-order valence-corrected chi connectivity index (χ1v) is 8.83. The Kier molecular flexibility index (Phi) is 3.94. The molecule has 0 saturated carbocycles. The van der Waals surface area contributed by atoms with Gasteiger partial charge in [0.15, 0.2) is 0 Å². The minimum atomic E-state index is -3.78. The molecular weight excluding hydrogens is 328 g/mol. The van der Waals surface area contributed by atoms with Gasteiger partial charge in [0.05, 0.1) is 0 Å². The van der Waals surface area contributed by atoms with E-state index in [4.69, 9.17) is 5.73 Å². The SMILES string of the molecule is CC1(S(=O)(=O)NNC(=O)c2cc3cc(N)ccc3[nH]2)C=CC=CC1. The van der Waals surface area contributed by atoms with Crippen molar-refractivity contribution in [2.45, 2.75) is 18.1 Å². The molecule has 1 aliphatic carbocycles. The molecule has 126 valence electrons.